The minimum absolute atomic E-state index is 0.0918. The predicted molar refractivity (Wildman–Crippen MR) is 86.6 cm³/mol. The molecule has 1 aromatic carbocycles. The third-order valence-electron chi connectivity index (χ3n) is 3.27. The Kier molecular flexibility index (Phi) is 5.10. The van der Waals surface area contributed by atoms with E-state index in [9.17, 15) is 14.4 Å². The van der Waals surface area contributed by atoms with Crippen LogP contribution in [0.1, 0.15) is 20.8 Å². The van der Waals surface area contributed by atoms with Gasteiger partial charge in [0.15, 0.2) is 6.61 Å². The number of halogens is 1. The Balaban J connectivity index is 2.20. The molecule has 1 atom stereocenters. The number of carbonyl (C=O) groups excluding carboxylic acids is 3. The lowest BCUT2D eigenvalue weighted by Gasteiger charge is -2.23. The average Bonchev–Trinajstić information content (AvgIpc) is 2.45. The molecule has 0 bridgehead atoms. The van der Waals surface area contributed by atoms with Crippen LogP contribution in [-0.4, -0.2) is 30.4 Å². The lowest BCUT2D eigenvalue weighted by atomic mass is 10.0. The summed E-state index contributed by atoms with van der Waals surface area (Å²) >= 11 is 6.13. The Labute approximate surface area is 138 Å². The summed E-state index contributed by atoms with van der Waals surface area (Å²) < 4.78 is 5.29. The number of nitrogens with one attached hydrogen (secondary N) is 3. The van der Waals surface area contributed by atoms with Gasteiger partial charge < -0.3 is 20.7 Å². The van der Waals surface area contributed by atoms with Crippen molar-refractivity contribution in [3.8, 4) is 5.75 Å². The molecule has 8 heteroatoms. The van der Waals surface area contributed by atoms with Crippen molar-refractivity contribution >= 4 is 40.7 Å². The molecule has 0 fully saturated rings. The highest BCUT2D eigenvalue weighted by Gasteiger charge is 2.25. The molecule has 1 aliphatic heterocycles. The molecule has 1 aromatic rings. The monoisotopic (exact) mass is 339 g/mol. The minimum Gasteiger partial charge on any atom is -0.482 e. The fraction of sp³-hybridized carbons (Fsp3) is 0.400. The van der Waals surface area contributed by atoms with Gasteiger partial charge in [-0.05, 0) is 12.0 Å². The number of fused-ring (bicyclic) bond motifs is 1. The van der Waals surface area contributed by atoms with Gasteiger partial charge in [-0.25, -0.2) is 0 Å². The van der Waals surface area contributed by atoms with Crippen LogP contribution < -0.4 is 20.7 Å². The van der Waals surface area contributed by atoms with E-state index >= 15 is 0 Å². The smallest absolute Gasteiger partial charge is 0.262 e. The lowest BCUT2D eigenvalue weighted by Crippen LogP contribution is -2.46. The summed E-state index contributed by atoms with van der Waals surface area (Å²) in [5.41, 5.74) is 0.800. The van der Waals surface area contributed by atoms with Crippen molar-refractivity contribution in [1.29, 1.82) is 0 Å². The van der Waals surface area contributed by atoms with E-state index in [2.05, 4.69) is 16.0 Å². The van der Waals surface area contributed by atoms with Crippen LogP contribution in [-0.2, 0) is 14.4 Å². The van der Waals surface area contributed by atoms with Gasteiger partial charge in [-0.3, -0.25) is 14.4 Å². The Bertz CT molecular complexity index is 660. The quantitative estimate of drug-likeness (QED) is 0.778. The van der Waals surface area contributed by atoms with E-state index in [0.29, 0.717) is 17.1 Å². The summed E-state index contributed by atoms with van der Waals surface area (Å²) in [5.74, 6) is -0.607. The van der Waals surface area contributed by atoms with Gasteiger partial charge in [-0.15, -0.1) is 0 Å². The molecule has 23 heavy (non-hydrogen) atoms. The number of benzene rings is 1. The molecule has 0 saturated carbocycles. The van der Waals surface area contributed by atoms with Crippen LogP contribution in [0.4, 0.5) is 11.4 Å². The van der Waals surface area contributed by atoms with Crippen LogP contribution in [0.15, 0.2) is 12.1 Å². The molecule has 124 valence electrons. The number of hydrogen-bond acceptors (Lipinski definition) is 4. The molecule has 3 N–H and O–H groups in total. The summed E-state index contributed by atoms with van der Waals surface area (Å²) in [4.78, 5) is 34.9. The topological polar surface area (TPSA) is 96.5 Å². The molecular weight excluding hydrogens is 322 g/mol. The van der Waals surface area contributed by atoms with Gasteiger partial charge in [-0.2, -0.15) is 0 Å². The van der Waals surface area contributed by atoms with Crippen molar-refractivity contribution in [2.45, 2.75) is 26.8 Å². The molecule has 0 radical (unpaired) electrons. The van der Waals surface area contributed by atoms with Crippen LogP contribution in [0.3, 0.4) is 0 Å². The zero-order valence-corrected chi connectivity index (χ0v) is 13.8. The lowest BCUT2D eigenvalue weighted by molar-refractivity contribution is -0.126. The molecule has 1 aliphatic rings. The highest BCUT2D eigenvalue weighted by molar-refractivity contribution is 6.34. The van der Waals surface area contributed by atoms with Crippen LogP contribution in [0.5, 0.6) is 5.75 Å². The standard InChI is InChI=1S/C15H18ClN3O4/c1-7(2)14(17-8(3)20)15(22)19-10-5-12-11(4-9(10)16)18-13(21)6-23-12/h4-5,7,14H,6H2,1-3H3,(H,17,20)(H,18,21)(H,19,22)/t14-/m1/s1. The number of amides is 3. The zero-order chi connectivity index (χ0) is 17.1. The summed E-state index contributed by atoms with van der Waals surface area (Å²) in [7, 11) is 0. The molecule has 0 spiro atoms. The van der Waals surface area contributed by atoms with Crippen molar-refractivity contribution in [1.82, 2.24) is 5.32 Å². The fourth-order valence-corrected chi connectivity index (χ4v) is 2.37. The molecule has 0 unspecified atom stereocenters. The fourth-order valence-electron chi connectivity index (χ4n) is 2.16. The molecule has 1 heterocycles. The SMILES string of the molecule is CC(=O)N[C@@H](C(=O)Nc1cc2c(cc1Cl)NC(=O)CO2)C(C)C. The molecule has 0 aromatic heterocycles. The van der Waals surface area contributed by atoms with Crippen molar-refractivity contribution in [2.75, 3.05) is 17.2 Å². The molecule has 3 amide bonds. The molecule has 7 nitrogen and oxygen atoms in total. The van der Waals surface area contributed by atoms with Gasteiger partial charge in [0.05, 0.1) is 16.4 Å². The summed E-state index contributed by atoms with van der Waals surface area (Å²) in [5, 5.41) is 8.17. The van der Waals surface area contributed by atoms with Gasteiger partial charge in [0.25, 0.3) is 5.91 Å². The molecule has 0 aliphatic carbocycles. The maximum Gasteiger partial charge on any atom is 0.262 e. The van der Waals surface area contributed by atoms with Crippen LogP contribution in [0.2, 0.25) is 5.02 Å². The summed E-state index contributed by atoms with van der Waals surface area (Å²) in [6, 6.07) is 2.37. The van der Waals surface area contributed by atoms with Crippen LogP contribution in [0.25, 0.3) is 0 Å². The highest BCUT2D eigenvalue weighted by atomic mass is 35.5. The first kappa shape index (κ1) is 17.1. The van der Waals surface area contributed by atoms with E-state index in [1.807, 2.05) is 13.8 Å². The number of hydrogen-bond donors (Lipinski definition) is 3. The largest absolute Gasteiger partial charge is 0.482 e. The van der Waals surface area contributed by atoms with E-state index in [4.69, 9.17) is 16.3 Å². The zero-order valence-electron chi connectivity index (χ0n) is 13.0. The van der Waals surface area contributed by atoms with Gasteiger partial charge in [0.2, 0.25) is 11.8 Å². The Morgan fingerprint density at radius 3 is 2.65 bits per heavy atom. The number of ether oxygens (including phenoxy) is 1. The second kappa shape index (κ2) is 6.87. The van der Waals surface area contributed by atoms with Crippen molar-refractivity contribution < 1.29 is 19.1 Å². The number of carbonyl (C=O) groups is 3. The van der Waals surface area contributed by atoms with Crippen molar-refractivity contribution in [3.05, 3.63) is 17.2 Å². The van der Waals surface area contributed by atoms with Gasteiger partial charge >= 0.3 is 0 Å². The first-order chi connectivity index (χ1) is 10.8. The van der Waals surface area contributed by atoms with E-state index < -0.39 is 6.04 Å². The molecule has 2 rings (SSSR count). The van der Waals surface area contributed by atoms with E-state index in [1.165, 1.54) is 13.0 Å². The van der Waals surface area contributed by atoms with E-state index in [1.54, 1.807) is 6.07 Å². The Morgan fingerprint density at radius 2 is 2.04 bits per heavy atom. The minimum atomic E-state index is -0.680. The second-order valence-electron chi connectivity index (χ2n) is 5.58. The normalized spacial score (nSPS) is 14.4. The van der Waals surface area contributed by atoms with Gasteiger partial charge in [0, 0.05) is 13.0 Å². The van der Waals surface area contributed by atoms with Crippen molar-refractivity contribution in [3.63, 3.8) is 0 Å². The van der Waals surface area contributed by atoms with Gasteiger partial charge in [-0.1, -0.05) is 25.4 Å². The number of rotatable bonds is 4. The van der Waals surface area contributed by atoms with E-state index in [0.717, 1.165) is 0 Å². The Morgan fingerprint density at radius 1 is 1.35 bits per heavy atom. The first-order valence-electron chi connectivity index (χ1n) is 7.12. The van der Waals surface area contributed by atoms with Crippen LogP contribution >= 0.6 is 11.6 Å². The van der Waals surface area contributed by atoms with Gasteiger partial charge in [0.1, 0.15) is 11.8 Å². The second-order valence-corrected chi connectivity index (χ2v) is 5.98. The van der Waals surface area contributed by atoms with Crippen molar-refractivity contribution in [2.24, 2.45) is 5.92 Å². The third kappa shape index (κ3) is 4.13. The molecular formula is C15H18ClN3O4. The molecule has 0 saturated heterocycles. The maximum absolute atomic E-state index is 12.4. The van der Waals surface area contributed by atoms with Crippen LogP contribution in [0, 0.1) is 5.92 Å². The maximum atomic E-state index is 12.4. The average molecular weight is 340 g/mol. The van der Waals surface area contributed by atoms with E-state index in [-0.39, 0.29) is 35.3 Å². The Hall–Kier alpha value is -2.28. The summed E-state index contributed by atoms with van der Waals surface area (Å²) in [6.45, 7) is 4.91. The summed E-state index contributed by atoms with van der Waals surface area (Å²) in [6.07, 6.45) is 0. The first-order valence-corrected chi connectivity index (χ1v) is 7.50. The number of anilines is 2. The highest BCUT2D eigenvalue weighted by Crippen LogP contribution is 2.36. The predicted octanol–water partition coefficient (Wildman–Crippen LogP) is 1.77. The third-order valence-corrected chi connectivity index (χ3v) is 3.58.